The highest BCUT2D eigenvalue weighted by Gasteiger charge is 2.30. The van der Waals surface area contributed by atoms with Crippen LogP contribution < -0.4 is 0 Å². The predicted octanol–water partition coefficient (Wildman–Crippen LogP) is 0.760. The van der Waals surface area contributed by atoms with Crippen LogP contribution in [0, 0.1) is 0 Å². The number of nitrogens with zero attached hydrogens (tertiary/aromatic N) is 3. The van der Waals surface area contributed by atoms with Crippen molar-refractivity contribution in [3.05, 3.63) is 0 Å². The molecule has 0 aromatic carbocycles. The van der Waals surface area contributed by atoms with Crippen LogP contribution in [0.5, 0.6) is 0 Å². The van der Waals surface area contributed by atoms with E-state index in [0.717, 1.165) is 45.5 Å². The van der Waals surface area contributed by atoms with Crippen LogP contribution >= 0.6 is 0 Å². The average molecular weight is 319 g/mol. The molecular formula is C14H29N3O3S. The van der Waals surface area contributed by atoms with Gasteiger partial charge in [0.05, 0.1) is 6.10 Å². The summed E-state index contributed by atoms with van der Waals surface area (Å²) < 4.78 is 34.0. The first-order valence-electron chi connectivity index (χ1n) is 8.17. The maximum atomic E-state index is 12.6. The summed E-state index contributed by atoms with van der Waals surface area (Å²) in [6.45, 7) is 9.66. The first kappa shape index (κ1) is 17.1. The topological polar surface area (TPSA) is 53.1 Å². The first-order chi connectivity index (χ1) is 10.1. The third-order valence-electron chi connectivity index (χ3n) is 4.39. The standard InChI is InChI=1S/C14H29N3O3S/c1-3-16(4-2)21(18,19)17-9-6-8-15(10-11-17)13-14-7-5-12-20-14/h14H,3-13H2,1-2H3. The van der Waals surface area contributed by atoms with Crippen LogP contribution in [0.1, 0.15) is 33.1 Å². The van der Waals surface area contributed by atoms with Gasteiger partial charge in [-0.3, -0.25) is 4.90 Å². The van der Waals surface area contributed by atoms with Crippen LogP contribution in [0.15, 0.2) is 0 Å². The Hall–Kier alpha value is -0.210. The van der Waals surface area contributed by atoms with E-state index < -0.39 is 10.2 Å². The fourth-order valence-corrected chi connectivity index (χ4v) is 4.80. The molecule has 0 aliphatic carbocycles. The Balaban J connectivity index is 1.90. The molecule has 1 atom stereocenters. The highest BCUT2D eigenvalue weighted by Crippen LogP contribution is 2.16. The normalized spacial score (nSPS) is 26.3. The third-order valence-corrected chi connectivity index (χ3v) is 6.58. The largest absolute Gasteiger partial charge is 0.377 e. The maximum Gasteiger partial charge on any atom is 0.281 e. The molecule has 124 valence electrons. The minimum Gasteiger partial charge on any atom is -0.377 e. The molecule has 2 fully saturated rings. The van der Waals surface area contributed by atoms with E-state index >= 15 is 0 Å². The number of rotatable bonds is 6. The van der Waals surface area contributed by atoms with Crippen molar-refractivity contribution in [1.29, 1.82) is 0 Å². The first-order valence-corrected chi connectivity index (χ1v) is 9.56. The lowest BCUT2D eigenvalue weighted by atomic mass is 10.2. The van der Waals surface area contributed by atoms with Crippen molar-refractivity contribution in [2.45, 2.75) is 39.2 Å². The summed E-state index contributed by atoms with van der Waals surface area (Å²) in [6, 6.07) is 0. The van der Waals surface area contributed by atoms with E-state index in [2.05, 4.69) is 4.90 Å². The Kier molecular flexibility index (Phi) is 6.43. The molecule has 2 aliphatic rings. The second-order valence-electron chi connectivity index (χ2n) is 5.78. The molecule has 6 nitrogen and oxygen atoms in total. The number of hydrogen-bond donors (Lipinski definition) is 0. The van der Waals surface area contributed by atoms with Crippen LogP contribution in [0.4, 0.5) is 0 Å². The monoisotopic (exact) mass is 319 g/mol. The minimum atomic E-state index is -3.29. The zero-order valence-electron chi connectivity index (χ0n) is 13.3. The van der Waals surface area contributed by atoms with Crippen molar-refractivity contribution >= 4 is 10.2 Å². The van der Waals surface area contributed by atoms with Crippen molar-refractivity contribution in [3.63, 3.8) is 0 Å². The highest BCUT2D eigenvalue weighted by molar-refractivity contribution is 7.86. The van der Waals surface area contributed by atoms with Crippen molar-refractivity contribution < 1.29 is 13.2 Å². The van der Waals surface area contributed by atoms with E-state index in [9.17, 15) is 8.42 Å². The van der Waals surface area contributed by atoms with Crippen molar-refractivity contribution in [1.82, 2.24) is 13.5 Å². The summed E-state index contributed by atoms with van der Waals surface area (Å²) in [7, 11) is -3.29. The maximum absolute atomic E-state index is 12.6. The van der Waals surface area contributed by atoms with Crippen LogP contribution in [-0.4, -0.2) is 80.5 Å². The highest BCUT2D eigenvalue weighted by atomic mass is 32.2. The van der Waals surface area contributed by atoms with Gasteiger partial charge in [-0.25, -0.2) is 0 Å². The Labute approximate surface area is 129 Å². The van der Waals surface area contributed by atoms with E-state index in [1.54, 1.807) is 8.61 Å². The zero-order chi connectivity index (χ0) is 15.3. The molecule has 0 aromatic heterocycles. The predicted molar refractivity (Wildman–Crippen MR) is 83.4 cm³/mol. The summed E-state index contributed by atoms with van der Waals surface area (Å²) in [5.41, 5.74) is 0. The van der Waals surface area contributed by atoms with E-state index in [0.29, 0.717) is 32.3 Å². The van der Waals surface area contributed by atoms with Gasteiger partial charge in [0.2, 0.25) is 0 Å². The summed E-state index contributed by atoms with van der Waals surface area (Å²) in [6.07, 6.45) is 3.53. The molecule has 0 spiro atoms. The van der Waals surface area contributed by atoms with E-state index in [4.69, 9.17) is 4.74 Å². The molecular weight excluding hydrogens is 290 g/mol. The minimum absolute atomic E-state index is 0.343. The van der Waals surface area contributed by atoms with Gasteiger partial charge in [-0.1, -0.05) is 13.8 Å². The van der Waals surface area contributed by atoms with Crippen molar-refractivity contribution in [3.8, 4) is 0 Å². The molecule has 2 heterocycles. The van der Waals surface area contributed by atoms with Gasteiger partial charge < -0.3 is 4.74 Å². The summed E-state index contributed by atoms with van der Waals surface area (Å²) in [5.74, 6) is 0. The second kappa shape index (κ2) is 7.87. The van der Waals surface area contributed by atoms with Gasteiger partial charge in [-0.2, -0.15) is 17.0 Å². The third kappa shape index (κ3) is 4.39. The Morgan fingerprint density at radius 2 is 1.86 bits per heavy atom. The molecule has 7 heteroatoms. The Morgan fingerprint density at radius 3 is 2.48 bits per heavy atom. The van der Waals surface area contributed by atoms with E-state index in [1.807, 2.05) is 13.8 Å². The van der Waals surface area contributed by atoms with Gasteiger partial charge in [0.25, 0.3) is 10.2 Å². The van der Waals surface area contributed by atoms with Gasteiger partial charge in [0, 0.05) is 45.9 Å². The summed E-state index contributed by atoms with van der Waals surface area (Å²) >= 11 is 0. The van der Waals surface area contributed by atoms with Gasteiger partial charge in [0.1, 0.15) is 0 Å². The van der Waals surface area contributed by atoms with Gasteiger partial charge in [-0.15, -0.1) is 0 Å². The molecule has 21 heavy (non-hydrogen) atoms. The van der Waals surface area contributed by atoms with E-state index in [1.165, 1.54) is 0 Å². The van der Waals surface area contributed by atoms with Crippen molar-refractivity contribution in [2.75, 3.05) is 52.4 Å². The van der Waals surface area contributed by atoms with Gasteiger partial charge in [0.15, 0.2) is 0 Å². The van der Waals surface area contributed by atoms with Crippen molar-refractivity contribution in [2.24, 2.45) is 0 Å². The number of ether oxygens (including phenoxy) is 1. The molecule has 2 saturated heterocycles. The SMILES string of the molecule is CCN(CC)S(=O)(=O)N1CCCN(CC2CCCO2)CC1. The van der Waals surface area contributed by atoms with Crippen LogP contribution in [0.2, 0.25) is 0 Å². The fraction of sp³-hybridized carbons (Fsp3) is 1.00. The Bertz CT molecular complexity index is 406. The number of hydrogen-bond acceptors (Lipinski definition) is 4. The lowest BCUT2D eigenvalue weighted by molar-refractivity contribution is 0.0749. The molecule has 0 saturated carbocycles. The van der Waals surface area contributed by atoms with Crippen LogP contribution in [0.25, 0.3) is 0 Å². The lowest BCUT2D eigenvalue weighted by Crippen LogP contribution is -2.45. The van der Waals surface area contributed by atoms with Crippen LogP contribution in [0.3, 0.4) is 0 Å². The van der Waals surface area contributed by atoms with E-state index in [-0.39, 0.29) is 0 Å². The molecule has 0 radical (unpaired) electrons. The molecule has 0 N–H and O–H groups in total. The summed E-state index contributed by atoms with van der Waals surface area (Å²) in [4.78, 5) is 2.35. The quantitative estimate of drug-likeness (QED) is 0.725. The second-order valence-corrected chi connectivity index (χ2v) is 7.71. The Morgan fingerprint density at radius 1 is 1.10 bits per heavy atom. The lowest BCUT2D eigenvalue weighted by Gasteiger charge is -2.28. The van der Waals surface area contributed by atoms with Gasteiger partial charge >= 0.3 is 0 Å². The molecule has 0 aromatic rings. The molecule has 2 aliphatic heterocycles. The average Bonchev–Trinajstić information content (AvgIpc) is 2.84. The van der Waals surface area contributed by atoms with Gasteiger partial charge in [-0.05, 0) is 25.8 Å². The molecule has 0 bridgehead atoms. The molecule has 0 amide bonds. The fourth-order valence-electron chi connectivity index (χ4n) is 3.15. The van der Waals surface area contributed by atoms with Crippen LogP contribution in [-0.2, 0) is 14.9 Å². The molecule has 2 rings (SSSR count). The zero-order valence-corrected chi connectivity index (χ0v) is 14.1. The molecule has 1 unspecified atom stereocenters. The summed E-state index contributed by atoms with van der Waals surface area (Å²) in [5, 5.41) is 0. The smallest absolute Gasteiger partial charge is 0.281 e.